The number of ether oxygens (including phenoxy) is 1. The van der Waals surface area contributed by atoms with Crippen molar-refractivity contribution in [3.63, 3.8) is 0 Å². The molecule has 200 valence electrons. The van der Waals surface area contributed by atoms with Crippen LogP contribution in [-0.4, -0.2) is 44.4 Å². The Morgan fingerprint density at radius 2 is 1.85 bits per heavy atom. The summed E-state index contributed by atoms with van der Waals surface area (Å²) in [5.74, 6) is -0.443. The number of amides is 2. The normalized spacial score (nSPS) is 10.6. The number of benzene rings is 3. The Hall–Kier alpha value is -4.78. The molecular weight excluding hydrogens is 527 g/mol. The molecule has 39 heavy (non-hydrogen) atoms. The van der Waals surface area contributed by atoms with Crippen molar-refractivity contribution in [1.82, 2.24) is 20.1 Å². The molecule has 0 atom stereocenters. The van der Waals surface area contributed by atoms with Gasteiger partial charge in [-0.3, -0.25) is 24.3 Å². The number of hydrogen-bond acceptors (Lipinski definition) is 8. The standard InChI is InChI=1S/C26H23FN6O5S/c1-16-7-8-17(13-21(16)33(36)37)25(35)28-14-23-30-31-26(32(23)20-5-3-4-6-22(20)38-2)39-15-24(34)29-19-11-9-18(27)10-12-19/h3-13H,14-15H2,1-2H3,(H,28,35)(H,29,34). The first kappa shape index (κ1) is 27.3. The average molecular weight is 551 g/mol. The molecular formula is C26H23FN6O5S. The van der Waals surface area contributed by atoms with Crippen LogP contribution in [0.5, 0.6) is 5.75 Å². The highest BCUT2D eigenvalue weighted by molar-refractivity contribution is 7.99. The molecule has 0 radical (unpaired) electrons. The summed E-state index contributed by atoms with van der Waals surface area (Å²) < 4.78 is 20.3. The highest BCUT2D eigenvalue weighted by atomic mass is 32.2. The zero-order valence-corrected chi connectivity index (χ0v) is 21.7. The number of nitro benzene ring substituents is 1. The van der Waals surface area contributed by atoms with Crippen molar-refractivity contribution in [1.29, 1.82) is 0 Å². The summed E-state index contributed by atoms with van der Waals surface area (Å²) in [5.41, 5.74) is 1.45. The lowest BCUT2D eigenvalue weighted by Gasteiger charge is -2.14. The van der Waals surface area contributed by atoms with E-state index in [1.54, 1.807) is 35.8 Å². The Labute approximate surface area is 226 Å². The van der Waals surface area contributed by atoms with E-state index in [2.05, 4.69) is 20.8 Å². The van der Waals surface area contributed by atoms with E-state index < -0.39 is 16.6 Å². The van der Waals surface area contributed by atoms with Gasteiger partial charge in [0.05, 0.1) is 30.0 Å². The Bertz CT molecular complexity index is 1530. The van der Waals surface area contributed by atoms with E-state index in [1.807, 2.05) is 0 Å². The molecule has 2 N–H and O–H groups in total. The van der Waals surface area contributed by atoms with Crippen molar-refractivity contribution in [3.8, 4) is 11.4 Å². The highest BCUT2D eigenvalue weighted by Crippen LogP contribution is 2.29. The molecule has 1 aromatic heterocycles. The minimum Gasteiger partial charge on any atom is -0.495 e. The van der Waals surface area contributed by atoms with Crippen molar-refractivity contribution in [3.05, 3.63) is 99.6 Å². The van der Waals surface area contributed by atoms with Crippen LogP contribution in [0, 0.1) is 22.9 Å². The summed E-state index contributed by atoms with van der Waals surface area (Å²) in [5, 5.41) is 25.4. The molecule has 2 amide bonds. The number of aryl methyl sites for hydroxylation is 1. The van der Waals surface area contributed by atoms with Crippen molar-refractivity contribution in [2.75, 3.05) is 18.2 Å². The summed E-state index contributed by atoms with van der Waals surface area (Å²) in [7, 11) is 1.51. The average Bonchev–Trinajstić information content (AvgIpc) is 3.34. The molecule has 3 aromatic carbocycles. The largest absolute Gasteiger partial charge is 0.495 e. The molecule has 0 aliphatic carbocycles. The zero-order valence-electron chi connectivity index (χ0n) is 20.9. The van der Waals surface area contributed by atoms with E-state index in [-0.39, 0.29) is 29.5 Å². The van der Waals surface area contributed by atoms with Crippen molar-refractivity contribution >= 4 is 35.0 Å². The van der Waals surface area contributed by atoms with Gasteiger partial charge in [-0.05, 0) is 49.4 Å². The zero-order chi connectivity index (χ0) is 27.9. The quantitative estimate of drug-likeness (QED) is 0.169. The number of nitrogens with one attached hydrogen (secondary N) is 2. The van der Waals surface area contributed by atoms with Gasteiger partial charge in [-0.1, -0.05) is 30.0 Å². The predicted octanol–water partition coefficient (Wildman–Crippen LogP) is 4.29. The van der Waals surface area contributed by atoms with Gasteiger partial charge >= 0.3 is 0 Å². The van der Waals surface area contributed by atoms with Crippen molar-refractivity contribution in [2.45, 2.75) is 18.6 Å². The van der Waals surface area contributed by atoms with Crippen molar-refractivity contribution in [2.24, 2.45) is 0 Å². The third-order valence-electron chi connectivity index (χ3n) is 5.56. The van der Waals surface area contributed by atoms with Crippen molar-refractivity contribution < 1.29 is 23.6 Å². The molecule has 1 heterocycles. The summed E-state index contributed by atoms with van der Waals surface area (Å²) in [6.07, 6.45) is 0. The molecule has 0 aliphatic heterocycles. The number of methoxy groups -OCH3 is 1. The van der Waals surface area contributed by atoms with Gasteiger partial charge in [0.1, 0.15) is 11.6 Å². The van der Waals surface area contributed by atoms with Crippen LogP contribution < -0.4 is 15.4 Å². The maximum absolute atomic E-state index is 13.1. The fourth-order valence-electron chi connectivity index (χ4n) is 3.63. The second-order valence-electron chi connectivity index (χ2n) is 8.19. The van der Waals surface area contributed by atoms with Crippen LogP contribution in [0.3, 0.4) is 0 Å². The van der Waals surface area contributed by atoms with Crippen LogP contribution in [0.1, 0.15) is 21.7 Å². The van der Waals surface area contributed by atoms with Gasteiger partial charge in [0, 0.05) is 22.9 Å². The topological polar surface area (TPSA) is 141 Å². The lowest BCUT2D eigenvalue weighted by atomic mass is 10.1. The molecule has 4 aromatic rings. The molecule has 4 rings (SSSR count). The van der Waals surface area contributed by atoms with Crippen LogP contribution in [-0.2, 0) is 11.3 Å². The van der Waals surface area contributed by atoms with E-state index >= 15 is 0 Å². The van der Waals surface area contributed by atoms with E-state index in [9.17, 15) is 24.1 Å². The molecule has 11 nitrogen and oxygen atoms in total. The second-order valence-corrected chi connectivity index (χ2v) is 9.13. The summed E-state index contributed by atoms with van der Waals surface area (Å²) in [4.78, 5) is 36.0. The van der Waals surface area contributed by atoms with E-state index in [0.29, 0.717) is 33.7 Å². The molecule has 0 fully saturated rings. The van der Waals surface area contributed by atoms with Crippen LogP contribution in [0.2, 0.25) is 0 Å². The number of nitrogens with zero attached hydrogens (tertiary/aromatic N) is 4. The Kier molecular flexibility index (Phi) is 8.51. The highest BCUT2D eigenvalue weighted by Gasteiger charge is 2.20. The fraction of sp³-hybridized carbons (Fsp3) is 0.154. The molecule has 0 bridgehead atoms. The van der Waals surface area contributed by atoms with Gasteiger partial charge in [-0.15, -0.1) is 10.2 Å². The van der Waals surface area contributed by atoms with Gasteiger partial charge < -0.3 is 15.4 Å². The molecule has 0 unspecified atom stereocenters. The number of carbonyl (C=O) groups excluding carboxylic acids is 2. The van der Waals surface area contributed by atoms with Crippen LogP contribution in [0.25, 0.3) is 5.69 Å². The lowest BCUT2D eigenvalue weighted by Crippen LogP contribution is -2.25. The van der Waals surface area contributed by atoms with Gasteiger partial charge in [-0.2, -0.15) is 0 Å². The number of nitro groups is 1. The Morgan fingerprint density at radius 1 is 1.10 bits per heavy atom. The van der Waals surface area contributed by atoms with Gasteiger partial charge in [-0.25, -0.2) is 4.39 Å². The first-order chi connectivity index (χ1) is 18.8. The van der Waals surface area contributed by atoms with Crippen LogP contribution >= 0.6 is 11.8 Å². The monoisotopic (exact) mass is 550 g/mol. The van der Waals surface area contributed by atoms with E-state index in [4.69, 9.17) is 4.74 Å². The molecule has 0 aliphatic rings. The second kappa shape index (κ2) is 12.2. The summed E-state index contributed by atoms with van der Waals surface area (Å²) in [6, 6.07) is 16.8. The number of aromatic nitrogens is 3. The Morgan fingerprint density at radius 3 is 2.56 bits per heavy atom. The SMILES string of the molecule is COc1ccccc1-n1c(CNC(=O)c2ccc(C)c([N+](=O)[O-])c2)nnc1SCC(=O)Nc1ccc(F)cc1. The van der Waals surface area contributed by atoms with E-state index in [0.717, 1.165) is 11.8 Å². The number of carbonyl (C=O) groups is 2. The van der Waals surface area contributed by atoms with Crippen LogP contribution in [0.4, 0.5) is 15.8 Å². The smallest absolute Gasteiger partial charge is 0.273 e. The molecule has 0 saturated carbocycles. The minimum absolute atomic E-state index is 0.0238. The summed E-state index contributed by atoms with van der Waals surface area (Å²) in [6.45, 7) is 1.53. The maximum Gasteiger partial charge on any atom is 0.273 e. The molecule has 0 spiro atoms. The van der Waals surface area contributed by atoms with Gasteiger partial charge in [0.15, 0.2) is 11.0 Å². The predicted molar refractivity (Wildman–Crippen MR) is 143 cm³/mol. The molecule has 13 heteroatoms. The van der Waals surface area contributed by atoms with Gasteiger partial charge in [0.25, 0.3) is 11.6 Å². The number of halogens is 1. The Balaban J connectivity index is 1.55. The first-order valence-corrected chi connectivity index (χ1v) is 12.5. The number of thioether (sulfide) groups is 1. The van der Waals surface area contributed by atoms with Crippen LogP contribution in [0.15, 0.2) is 71.9 Å². The minimum atomic E-state index is -0.542. The molecule has 0 saturated heterocycles. The maximum atomic E-state index is 13.1. The number of rotatable bonds is 10. The van der Waals surface area contributed by atoms with Gasteiger partial charge in [0.2, 0.25) is 5.91 Å². The first-order valence-electron chi connectivity index (χ1n) is 11.6. The number of hydrogen-bond donors (Lipinski definition) is 2. The third kappa shape index (κ3) is 6.57. The third-order valence-corrected chi connectivity index (χ3v) is 6.49. The summed E-state index contributed by atoms with van der Waals surface area (Å²) >= 11 is 1.11. The number of anilines is 1. The fourth-order valence-corrected chi connectivity index (χ4v) is 4.40. The van der Waals surface area contributed by atoms with E-state index in [1.165, 1.54) is 49.6 Å². The lowest BCUT2D eigenvalue weighted by molar-refractivity contribution is -0.385. The number of para-hydroxylation sites is 2.